The molecule has 0 spiro atoms. The van der Waals surface area contributed by atoms with Gasteiger partial charge in [0.2, 0.25) is 0 Å². The van der Waals surface area contributed by atoms with Gasteiger partial charge in [-0.1, -0.05) is 15.9 Å². The predicted octanol–water partition coefficient (Wildman–Crippen LogP) is 3.66. The fourth-order valence-corrected chi connectivity index (χ4v) is 1.88. The molecule has 94 valence electrons. The van der Waals surface area contributed by atoms with Crippen molar-refractivity contribution in [2.24, 2.45) is 0 Å². The minimum Gasteiger partial charge on any atom is -0.456 e. The summed E-state index contributed by atoms with van der Waals surface area (Å²) in [6, 6.07) is 7.90. The van der Waals surface area contributed by atoms with Crippen molar-refractivity contribution in [3.8, 4) is 11.5 Å². The Balaban J connectivity index is 2.17. The van der Waals surface area contributed by atoms with E-state index in [-0.39, 0.29) is 0 Å². The second-order valence-corrected chi connectivity index (χ2v) is 4.93. The van der Waals surface area contributed by atoms with Crippen LogP contribution in [0, 0.1) is 6.92 Å². The van der Waals surface area contributed by atoms with Gasteiger partial charge in [0.1, 0.15) is 11.5 Å². The van der Waals surface area contributed by atoms with Gasteiger partial charge in [-0.05, 0) is 49.4 Å². The van der Waals surface area contributed by atoms with E-state index in [0.29, 0.717) is 0 Å². The van der Waals surface area contributed by atoms with Crippen LogP contribution in [0.5, 0.6) is 11.5 Å². The first-order valence-corrected chi connectivity index (χ1v) is 6.51. The average molecular weight is 307 g/mol. The number of pyridine rings is 1. The van der Waals surface area contributed by atoms with Crippen molar-refractivity contribution >= 4 is 15.9 Å². The van der Waals surface area contributed by atoms with Crippen LogP contribution in [0.1, 0.15) is 11.1 Å². The Bertz CT molecular complexity index is 543. The molecule has 1 heterocycles. The number of aromatic nitrogens is 1. The van der Waals surface area contributed by atoms with Gasteiger partial charge in [0.25, 0.3) is 0 Å². The molecule has 0 unspecified atom stereocenters. The number of rotatable bonds is 4. The lowest BCUT2D eigenvalue weighted by Crippen LogP contribution is -2.05. The molecule has 0 aliphatic carbocycles. The van der Waals surface area contributed by atoms with E-state index in [9.17, 15) is 0 Å². The number of halogens is 1. The number of ether oxygens (including phenoxy) is 1. The van der Waals surface area contributed by atoms with Crippen LogP contribution in [-0.4, -0.2) is 12.0 Å². The van der Waals surface area contributed by atoms with Crippen LogP contribution in [0.25, 0.3) is 0 Å². The molecule has 0 bridgehead atoms. The summed E-state index contributed by atoms with van der Waals surface area (Å²) in [6.45, 7) is 2.82. The van der Waals surface area contributed by atoms with Crippen molar-refractivity contribution in [3.05, 3.63) is 52.3 Å². The maximum atomic E-state index is 5.79. The highest BCUT2D eigenvalue weighted by Gasteiger charge is 2.02. The molecule has 1 aromatic heterocycles. The minimum atomic E-state index is 0.754. The lowest BCUT2D eigenvalue weighted by molar-refractivity contribution is 0.478. The molecule has 0 amide bonds. The summed E-state index contributed by atoms with van der Waals surface area (Å²) in [5, 5.41) is 3.09. The van der Waals surface area contributed by atoms with Crippen LogP contribution in [0.3, 0.4) is 0 Å². The van der Waals surface area contributed by atoms with Gasteiger partial charge in [-0.2, -0.15) is 0 Å². The van der Waals surface area contributed by atoms with E-state index in [2.05, 4.69) is 26.2 Å². The zero-order valence-corrected chi connectivity index (χ0v) is 12.0. The Labute approximate surface area is 115 Å². The fraction of sp³-hybridized carbons (Fsp3) is 0.214. The van der Waals surface area contributed by atoms with Gasteiger partial charge < -0.3 is 10.1 Å². The molecule has 0 saturated heterocycles. The van der Waals surface area contributed by atoms with Crippen molar-refractivity contribution in [1.29, 1.82) is 0 Å². The standard InChI is InChI=1S/C14H15BrN2O/c1-10-5-12(3-4-14(10)15)18-13-6-11(7-16-2)8-17-9-13/h3-6,8-9,16H,7H2,1-2H3. The van der Waals surface area contributed by atoms with Gasteiger partial charge >= 0.3 is 0 Å². The Hall–Kier alpha value is -1.39. The number of hydrogen-bond acceptors (Lipinski definition) is 3. The van der Waals surface area contributed by atoms with Crippen molar-refractivity contribution < 1.29 is 4.74 Å². The van der Waals surface area contributed by atoms with Gasteiger partial charge in [0, 0.05) is 17.2 Å². The van der Waals surface area contributed by atoms with Crippen LogP contribution in [0.2, 0.25) is 0 Å². The van der Waals surface area contributed by atoms with Crippen LogP contribution in [0.15, 0.2) is 41.1 Å². The first-order valence-electron chi connectivity index (χ1n) is 5.71. The third-order valence-electron chi connectivity index (χ3n) is 2.52. The highest BCUT2D eigenvalue weighted by molar-refractivity contribution is 9.10. The Kier molecular flexibility index (Phi) is 4.33. The largest absolute Gasteiger partial charge is 0.456 e. The number of benzene rings is 1. The second-order valence-electron chi connectivity index (χ2n) is 4.07. The molecule has 1 aromatic carbocycles. The van der Waals surface area contributed by atoms with E-state index in [0.717, 1.165) is 33.6 Å². The molecule has 0 radical (unpaired) electrons. The van der Waals surface area contributed by atoms with E-state index in [4.69, 9.17) is 4.74 Å². The molecule has 2 rings (SSSR count). The first-order chi connectivity index (χ1) is 8.69. The van der Waals surface area contributed by atoms with Crippen LogP contribution in [0.4, 0.5) is 0 Å². The number of hydrogen-bond donors (Lipinski definition) is 1. The van der Waals surface area contributed by atoms with Gasteiger partial charge in [-0.15, -0.1) is 0 Å². The molecular weight excluding hydrogens is 292 g/mol. The molecule has 4 heteroatoms. The zero-order chi connectivity index (χ0) is 13.0. The van der Waals surface area contributed by atoms with Crippen molar-refractivity contribution in [1.82, 2.24) is 10.3 Å². The monoisotopic (exact) mass is 306 g/mol. The third kappa shape index (κ3) is 3.31. The molecular formula is C14H15BrN2O. The second kappa shape index (κ2) is 5.98. The highest BCUT2D eigenvalue weighted by atomic mass is 79.9. The summed E-state index contributed by atoms with van der Waals surface area (Å²) in [6.07, 6.45) is 3.55. The molecule has 3 nitrogen and oxygen atoms in total. The van der Waals surface area contributed by atoms with E-state index in [1.165, 1.54) is 0 Å². The molecule has 0 atom stereocenters. The van der Waals surface area contributed by atoms with Gasteiger partial charge in [-0.3, -0.25) is 4.98 Å². The highest BCUT2D eigenvalue weighted by Crippen LogP contribution is 2.26. The van der Waals surface area contributed by atoms with Crippen molar-refractivity contribution in [3.63, 3.8) is 0 Å². The Morgan fingerprint density at radius 1 is 1.22 bits per heavy atom. The summed E-state index contributed by atoms with van der Waals surface area (Å²) >= 11 is 3.47. The molecule has 0 fully saturated rings. The number of aryl methyl sites for hydroxylation is 1. The van der Waals surface area contributed by atoms with Gasteiger partial charge in [0.05, 0.1) is 6.20 Å². The van der Waals surface area contributed by atoms with Gasteiger partial charge in [-0.25, -0.2) is 0 Å². The van der Waals surface area contributed by atoms with Crippen LogP contribution >= 0.6 is 15.9 Å². The lowest BCUT2D eigenvalue weighted by Gasteiger charge is -2.08. The van der Waals surface area contributed by atoms with E-state index >= 15 is 0 Å². The summed E-state index contributed by atoms with van der Waals surface area (Å²) in [5.74, 6) is 1.57. The minimum absolute atomic E-state index is 0.754. The maximum Gasteiger partial charge on any atom is 0.146 e. The van der Waals surface area contributed by atoms with Gasteiger partial charge in [0.15, 0.2) is 0 Å². The number of nitrogens with one attached hydrogen (secondary N) is 1. The molecule has 1 N–H and O–H groups in total. The normalized spacial score (nSPS) is 10.4. The summed E-state index contributed by atoms with van der Waals surface area (Å²) in [4.78, 5) is 4.17. The van der Waals surface area contributed by atoms with Crippen LogP contribution < -0.4 is 10.1 Å². The average Bonchev–Trinajstić information content (AvgIpc) is 2.35. The summed E-state index contributed by atoms with van der Waals surface area (Å²) in [5.41, 5.74) is 2.25. The first kappa shape index (κ1) is 13.1. The third-order valence-corrected chi connectivity index (χ3v) is 3.41. The quantitative estimate of drug-likeness (QED) is 0.936. The van der Waals surface area contributed by atoms with Crippen molar-refractivity contribution in [2.45, 2.75) is 13.5 Å². The van der Waals surface area contributed by atoms with E-state index in [1.807, 2.05) is 44.4 Å². The fourth-order valence-electron chi connectivity index (χ4n) is 1.64. The van der Waals surface area contributed by atoms with E-state index < -0.39 is 0 Å². The molecule has 2 aromatic rings. The summed E-state index contributed by atoms with van der Waals surface area (Å²) < 4.78 is 6.87. The molecule has 0 saturated carbocycles. The summed E-state index contributed by atoms with van der Waals surface area (Å²) in [7, 11) is 1.91. The lowest BCUT2D eigenvalue weighted by atomic mass is 10.2. The topological polar surface area (TPSA) is 34.2 Å². The Morgan fingerprint density at radius 3 is 2.78 bits per heavy atom. The predicted molar refractivity (Wildman–Crippen MR) is 76.0 cm³/mol. The molecule has 0 aliphatic rings. The maximum absolute atomic E-state index is 5.79. The van der Waals surface area contributed by atoms with Crippen molar-refractivity contribution in [2.75, 3.05) is 7.05 Å². The van der Waals surface area contributed by atoms with E-state index in [1.54, 1.807) is 6.20 Å². The Morgan fingerprint density at radius 2 is 2.06 bits per heavy atom. The molecule has 18 heavy (non-hydrogen) atoms. The molecule has 0 aliphatic heterocycles. The zero-order valence-electron chi connectivity index (χ0n) is 10.4. The number of nitrogens with zero attached hydrogens (tertiary/aromatic N) is 1. The van der Waals surface area contributed by atoms with Crippen LogP contribution in [-0.2, 0) is 6.54 Å². The smallest absolute Gasteiger partial charge is 0.146 e. The SMILES string of the molecule is CNCc1cncc(Oc2ccc(Br)c(C)c2)c1.